The third kappa shape index (κ3) is 3.43. The Morgan fingerprint density at radius 3 is 2.28 bits per heavy atom. The van der Waals surface area contributed by atoms with Crippen molar-refractivity contribution in [1.82, 2.24) is 19.6 Å². The van der Waals surface area contributed by atoms with Crippen LogP contribution in [0, 0.1) is 13.8 Å². The van der Waals surface area contributed by atoms with Crippen LogP contribution >= 0.6 is 0 Å². The van der Waals surface area contributed by atoms with E-state index in [1.165, 1.54) is 0 Å². The zero-order valence-electron chi connectivity index (χ0n) is 15.0. The van der Waals surface area contributed by atoms with Crippen molar-refractivity contribution in [3.8, 4) is 5.69 Å². The number of aromatic nitrogens is 2. The quantitative estimate of drug-likeness (QED) is 0.842. The number of rotatable bonds is 2. The first-order chi connectivity index (χ1) is 12.0. The standard InChI is InChI=1S/C19H24N4O2/c1-14-18(15(2)23(20-14)17-8-5-4-6-9-17)19(25)22-11-7-10-21(12-13-22)16(3)24/h4-6,8-9H,7,10-13H2,1-3H3. The van der Waals surface area contributed by atoms with Crippen LogP contribution in [-0.2, 0) is 4.79 Å². The second-order valence-corrected chi connectivity index (χ2v) is 6.44. The minimum Gasteiger partial charge on any atom is -0.341 e. The normalized spacial score (nSPS) is 15.2. The Labute approximate surface area is 148 Å². The van der Waals surface area contributed by atoms with Crippen LogP contribution < -0.4 is 0 Å². The zero-order valence-corrected chi connectivity index (χ0v) is 15.0. The number of aryl methyl sites for hydroxylation is 1. The lowest BCUT2D eigenvalue weighted by Crippen LogP contribution is -2.36. The SMILES string of the molecule is CC(=O)N1CCCN(C(=O)c2c(C)nn(-c3ccccc3)c2C)CC1. The average Bonchev–Trinajstić information content (AvgIpc) is 2.79. The Morgan fingerprint density at radius 2 is 1.60 bits per heavy atom. The van der Waals surface area contributed by atoms with E-state index in [0.29, 0.717) is 31.7 Å². The van der Waals surface area contributed by atoms with E-state index in [1.807, 2.05) is 53.8 Å². The molecule has 0 N–H and O–H groups in total. The Kier molecular flexibility index (Phi) is 4.88. The van der Waals surface area contributed by atoms with E-state index in [1.54, 1.807) is 11.8 Å². The zero-order chi connectivity index (χ0) is 18.0. The van der Waals surface area contributed by atoms with E-state index in [4.69, 9.17) is 0 Å². The highest BCUT2D eigenvalue weighted by Gasteiger charge is 2.26. The molecule has 3 rings (SSSR count). The van der Waals surface area contributed by atoms with Gasteiger partial charge in [-0.25, -0.2) is 4.68 Å². The minimum absolute atomic E-state index is 0.00239. The van der Waals surface area contributed by atoms with Gasteiger partial charge in [0.25, 0.3) is 5.91 Å². The Bertz CT molecular complexity index is 782. The maximum absolute atomic E-state index is 13.1. The molecule has 2 amide bonds. The van der Waals surface area contributed by atoms with Gasteiger partial charge in [-0.05, 0) is 32.4 Å². The first-order valence-corrected chi connectivity index (χ1v) is 8.65. The van der Waals surface area contributed by atoms with Crippen LogP contribution in [0.25, 0.3) is 5.69 Å². The van der Waals surface area contributed by atoms with E-state index in [0.717, 1.165) is 23.5 Å². The molecule has 0 aliphatic carbocycles. The van der Waals surface area contributed by atoms with Crippen molar-refractivity contribution in [2.24, 2.45) is 0 Å². The van der Waals surface area contributed by atoms with Gasteiger partial charge in [-0.2, -0.15) is 5.10 Å². The van der Waals surface area contributed by atoms with Crippen molar-refractivity contribution in [3.63, 3.8) is 0 Å². The van der Waals surface area contributed by atoms with Crippen LogP contribution in [0.2, 0.25) is 0 Å². The van der Waals surface area contributed by atoms with Gasteiger partial charge < -0.3 is 9.80 Å². The number of para-hydroxylation sites is 1. The molecule has 1 aromatic carbocycles. The van der Waals surface area contributed by atoms with Gasteiger partial charge in [0.15, 0.2) is 0 Å². The van der Waals surface area contributed by atoms with Gasteiger partial charge in [0.2, 0.25) is 5.91 Å². The molecule has 0 radical (unpaired) electrons. The lowest BCUT2D eigenvalue weighted by atomic mass is 10.1. The molecule has 1 aromatic heterocycles. The summed E-state index contributed by atoms with van der Waals surface area (Å²) in [7, 11) is 0. The summed E-state index contributed by atoms with van der Waals surface area (Å²) in [5.74, 6) is 0.0705. The summed E-state index contributed by atoms with van der Waals surface area (Å²) in [4.78, 5) is 28.3. The van der Waals surface area contributed by atoms with E-state index in [-0.39, 0.29) is 11.8 Å². The van der Waals surface area contributed by atoms with Crippen molar-refractivity contribution >= 4 is 11.8 Å². The van der Waals surface area contributed by atoms with Crippen LogP contribution in [0.15, 0.2) is 30.3 Å². The van der Waals surface area contributed by atoms with E-state index >= 15 is 0 Å². The Hall–Kier alpha value is -2.63. The predicted molar refractivity (Wildman–Crippen MR) is 95.8 cm³/mol. The third-order valence-electron chi connectivity index (χ3n) is 4.73. The van der Waals surface area contributed by atoms with Crippen LogP contribution in [0.4, 0.5) is 0 Å². The lowest BCUT2D eigenvalue weighted by Gasteiger charge is -2.21. The number of carbonyl (C=O) groups excluding carboxylic acids is 2. The topological polar surface area (TPSA) is 58.4 Å². The molecule has 0 unspecified atom stereocenters. The molecular weight excluding hydrogens is 316 g/mol. The molecule has 2 aromatic rings. The Balaban J connectivity index is 1.85. The summed E-state index contributed by atoms with van der Waals surface area (Å²) in [6, 6.07) is 9.82. The molecule has 132 valence electrons. The molecule has 6 heteroatoms. The average molecular weight is 340 g/mol. The number of hydrogen-bond donors (Lipinski definition) is 0. The molecule has 0 atom stereocenters. The largest absolute Gasteiger partial charge is 0.341 e. The molecule has 1 aliphatic rings. The lowest BCUT2D eigenvalue weighted by molar-refractivity contribution is -0.128. The predicted octanol–water partition coefficient (Wildman–Crippen LogP) is 2.18. The molecule has 1 aliphatic heterocycles. The summed E-state index contributed by atoms with van der Waals surface area (Å²) >= 11 is 0. The summed E-state index contributed by atoms with van der Waals surface area (Å²) < 4.78 is 1.82. The van der Waals surface area contributed by atoms with Gasteiger partial charge in [-0.1, -0.05) is 18.2 Å². The van der Waals surface area contributed by atoms with Gasteiger partial charge in [-0.3, -0.25) is 9.59 Å². The van der Waals surface area contributed by atoms with Crippen molar-refractivity contribution in [1.29, 1.82) is 0 Å². The van der Waals surface area contributed by atoms with E-state index in [9.17, 15) is 9.59 Å². The highest BCUT2D eigenvalue weighted by atomic mass is 16.2. The smallest absolute Gasteiger partial charge is 0.257 e. The molecule has 1 saturated heterocycles. The number of nitrogens with zero attached hydrogens (tertiary/aromatic N) is 4. The number of benzene rings is 1. The fourth-order valence-corrected chi connectivity index (χ4v) is 3.37. The first kappa shape index (κ1) is 17.2. The maximum Gasteiger partial charge on any atom is 0.257 e. The third-order valence-corrected chi connectivity index (χ3v) is 4.73. The molecule has 0 spiro atoms. The second-order valence-electron chi connectivity index (χ2n) is 6.44. The van der Waals surface area contributed by atoms with Crippen molar-refractivity contribution < 1.29 is 9.59 Å². The molecule has 6 nitrogen and oxygen atoms in total. The van der Waals surface area contributed by atoms with Gasteiger partial charge in [0.05, 0.1) is 22.6 Å². The van der Waals surface area contributed by atoms with Crippen LogP contribution in [0.5, 0.6) is 0 Å². The highest BCUT2D eigenvalue weighted by Crippen LogP contribution is 2.20. The number of carbonyl (C=O) groups is 2. The number of amides is 2. The monoisotopic (exact) mass is 340 g/mol. The maximum atomic E-state index is 13.1. The van der Waals surface area contributed by atoms with Gasteiger partial charge >= 0.3 is 0 Å². The van der Waals surface area contributed by atoms with Crippen molar-refractivity contribution in [2.45, 2.75) is 27.2 Å². The number of hydrogen-bond acceptors (Lipinski definition) is 3. The van der Waals surface area contributed by atoms with Gasteiger partial charge in [0.1, 0.15) is 0 Å². The van der Waals surface area contributed by atoms with Gasteiger partial charge in [-0.15, -0.1) is 0 Å². The summed E-state index contributed by atoms with van der Waals surface area (Å²) in [5.41, 5.74) is 3.20. The molecule has 2 heterocycles. The molecule has 25 heavy (non-hydrogen) atoms. The Morgan fingerprint density at radius 1 is 0.960 bits per heavy atom. The summed E-state index contributed by atoms with van der Waals surface area (Å²) in [6.07, 6.45) is 0.802. The van der Waals surface area contributed by atoms with Crippen LogP contribution in [0.1, 0.15) is 35.1 Å². The van der Waals surface area contributed by atoms with Gasteiger partial charge in [0, 0.05) is 33.1 Å². The fourth-order valence-electron chi connectivity index (χ4n) is 3.37. The van der Waals surface area contributed by atoms with Crippen molar-refractivity contribution in [3.05, 3.63) is 47.3 Å². The molecule has 0 bridgehead atoms. The van der Waals surface area contributed by atoms with Crippen molar-refractivity contribution in [2.75, 3.05) is 26.2 Å². The van der Waals surface area contributed by atoms with E-state index < -0.39 is 0 Å². The van der Waals surface area contributed by atoms with Crippen LogP contribution in [0.3, 0.4) is 0 Å². The second kappa shape index (κ2) is 7.09. The highest BCUT2D eigenvalue weighted by molar-refractivity contribution is 5.96. The minimum atomic E-state index is 0.00239. The first-order valence-electron chi connectivity index (χ1n) is 8.65. The van der Waals surface area contributed by atoms with E-state index in [2.05, 4.69) is 5.10 Å². The molecule has 1 fully saturated rings. The van der Waals surface area contributed by atoms with Crippen LogP contribution in [-0.4, -0.2) is 57.6 Å². The summed E-state index contributed by atoms with van der Waals surface area (Å²) in [5, 5.41) is 4.57. The summed E-state index contributed by atoms with van der Waals surface area (Å²) in [6.45, 7) is 7.91. The molecule has 0 saturated carbocycles. The molecular formula is C19H24N4O2. The fraction of sp³-hybridized carbons (Fsp3) is 0.421.